The van der Waals surface area contributed by atoms with Crippen LogP contribution in [-0.2, 0) is 19.1 Å². The normalized spacial score (nSPS) is 8.83. The maximum absolute atomic E-state index is 10.6. The van der Waals surface area contributed by atoms with E-state index in [9.17, 15) is 14.4 Å². The number of carbonyl (C=O) groups is 3. The van der Waals surface area contributed by atoms with E-state index in [4.69, 9.17) is 0 Å². The van der Waals surface area contributed by atoms with E-state index in [-0.39, 0.29) is 13.2 Å². The highest BCUT2D eigenvalue weighted by Crippen LogP contribution is 1.76. The first-order valence-electron chi connectivity index (χ1n) is 3.52. The summed E-state index contributed by atoms with van der Waals surface area (Å²) in [6.07, 6.45) is 0. The van der Waals surface area contributed by atoms with E-state index in [1.807, 2.05) is 0 Å². The fourth-order valence-electron chi connectivity index (χ4n) is 0.489. The maximum atomic E-state index is 10.6. The minimum absolute atomic E-state index is 0.258. The van der Waals surface area contributed by atoms with Crippen molar-refractivity contribution in [2.45, 2.75) is 13.8 Å². The van der Waals surface area contributed by atoms with Crippen LogP contribution in [0, 0.1) is 0 Å². The number of ether oxygens (including phenoxy) is 1. The molecule has 0 aromatic carbocycles. The minimum atomic E-state index is -0.775. The Bertz CT molecular complexity index is 200. The van der Waals surface area contributed by atoms with E-state index in [0.717, 1.165) is 6.92 Å². The molecule has 0 atom stereocenters. The number of ketones is 1. The van der Waals surface area contributed by atoms with Crippen LogP contribution in [0.4, 0.5) is 0 Å². The molecule has 0 radical (unpaired) electrons. The Morgan fingerprint density at radius 2 is 1.92 bits per heavy atom. The third-order valence-electron chi connectivity index (χ3n) is 1.02. The van der Waals surface area contributed by atoms with Crippen LogP contribution in [0.25, 0.3) is 0 Å². The number of amides is 1. The quantitative estimate of drug-likeness (QED) is 0.448. The second-order valence-electron chi connectivity index (χ2n) is 2.04. The number of rotatable bonds is 4. The molecule has 0 spiro atoms. The second kappa shape index (κ2) is 5.29. The molecule has 0 fully saturated rings. The van der Waals surface area contributed by atoms with Gasteiger partial charge in [-0.1, -0.05) is 0 Å². The van der Waals surface area contributed by atoms with Crippen LogP contribution >= 0.6 is 0 Å². The van der Waals surface area contributed by atoms with Crippen molar-refractivity contribution in [3.8, 4) is 0 Å². The molecule has 5 heteroatoms. The van der Waals surface area contributed by atoms with Crippen molar-refractivity contribution < 1.29 is 19.1 Å². The molecule has 0 rings (SSSR count). The zero-order chi connectivity index (χ0) is 9.56. The Hall–Kier alpha value is -1.39. The molecule has 5 nitrogen and oxygen atoms in total. The van der Waals surface area contributed by atoms with E-state index < -0.39 is 17.7 Å². The average molecular weight is 173 g/mol. The number of Topliss-reactive ketones (excluding diaryl/α,β-unsaturated/α-hetero) is 1. The molecule has 0 saturated heterocycles. The van der Waals surface area contributed by atoms with Gasteiger partial charge in [-0.05, 0) is 6.92 Å². The van der Waals surface area contributed by atoms with Crippen LogP contribution in [0.5, 0.6) is 0 Å². The van der Waals surface area contributed by atoms with Crippen molar-refractivity contribution >= 4 is 17.7 Å². The van der Waals surface area contributed by atoms with E-state index in [0.29, 0.717) is 0 Å². The van der Waals surface area contributed by atoms with Crippen molar-refractivity contribution in [1.29, 1.82) is 0 Å². The molecule has 0 aromatic rings. The molecular formula is C7H11NO4. The SMILES string of the molecule is CCOC(=O)CNC(=O)C(C)=O. The van der Waals surface area contributed by atoms with Gasteiger partial charge in [-0.25, -0.2) is 0 Å². The van der Waals surface area contributed by atoms with Crippen molar-refractivity contribution in [1.82, 2.24) is 5.32 Å². The van der Waals surface area contributed by atoms with Crippen LogP contribution in [0.15, 0.2) is 0 Å². The van der Waals surface area contributed by atoms with Crippen molar-refractivity contribution in [2.75, 3.05) is 13.2 Å². The number of hydrogen-bond donors (Lipinski definition) is 1. The Morgan fingerprint density at radius 3 is 2.33 bits per heavy atom. The average Bonchev–Trinajstić information content (AvgIpc) is 2.00. The second-order valence-corrected chi connectivity index (χ2v) is 2.04. The lowest BCUT2D eigenvalue weighted by molar-refractivity contribution is -0.144. The summed E-state index contributed by atoms with van der Waals surface area (Å²) in [5.74, 6) is -1.95. The van der Waals surface area contributed by atoms with Gasteiger partial charge in [0.2, 0.25) is 5.78 Å². The number of esters is 1. The van der Waals surface area contributed by atoms with Gasteiger partial charge in [0.15, 0.2) is 0 Å². The van der Waals surface area contributed by atoms with Crippen molar-refractivity contribution in [3.05, 3.63) is 0 Å². The standard InChI is InChI=1S/C7H11NO4/c1-3-12-6(10)4-8-7(11)5(2)9/h3-4H2,1-2H3,(H,8,11). The smallest absolute Gasteiger partial charge is 0.325 e. The van der Waals surface area contributed by atoms with Gasteiger partial charge in [0.1, 0.15) is 6.54 Å². The fourth-order valence-corrected chi connectivity index (χ4v) is 0.489. The molecule has 0 bridgehead atoms. The largest absolute Gasteiger partial charge is 0.465 e. The van der Waals surface area contributed by atoms with E-state index >= 15 is 0 Å². The van der Waals surface area contributed by atoms with E-state index in [1.165, 1.54) is 0 Å². The zero-order valence-electron chi connectivity index (χ0n) is 7.05. The van der Waals surface area contributed by atoms with Gasteiger partial charge in [-0.3, -0.25) is 14.4 Å². The molecule has 0 unspecified atom stereocenters. The van der Waals surface area contributed by atoms with Gasteiger partial charge in [-0.2, -0.15) is 0 Å². The highest BCUT2D eigenvalue weighted by atomic mass is 16.5. The summed E-state index contributed by atoms with van der Waals surface area (Å²) in [7, 11) is 0. The summed E-state index contributed by atoms with van der Waals surface area (Å²) in [5, 5.41) is 2.10. The molecular weight excluding hydrogens is 162 g/mol. The van der Waals surface area contributed by atoms with Gasteiger partial charge < -0.3 is 10.1 Å². The van der Waals surface area contributed by atoms with Crippen molar-refractivity contribution in [2.24, 2.45) is 0 Å². The molecule has 12 heavy (non-hydrogen) atoms. The molecule has 0 saturated carbocycles. The lowest BCUT2D eigenvalue weighted by atomic mass is 10.4. The lowest BCUT2D eigenvalue weighted by Crippen LogP contribution is -2.34. The van der Waals surface area contributed by atoms with Crippen LogP contribution in [0.3, 0.4) is 0 Å². The number of carbonyl (C=O) groups excluding carboxylic acids is 3. The maximum Gasteiger partial charge on any atom is 0.325 e. The predicted molar refractivity (Wildman–Crippen MR) is 40.3 cm³/mol. The predicted octanol–water partition coefficient (Wildman–Crippen LogP) is -0.745. The highest BCUT2D eigenvalue weighted by Gasteiger charge is 2.08. The first-order chi connectivity index (χ1) is 5.57. The molecule has 0 aromatic heterocycles. The summed E-state index contributed by atoms with van der Waals surface area (Å²) in [5.41, 5.74) is 0. The Kier molecular flexibility index (Phi) is 4.67. The molecule has 0 heterocycles. The monoisotopic (exact) mass is 173 g/mol. The topological polar surface area (TPSA) is 72.5 Å². The molecule has 0 aliphatic heterocycles. The summed E-state index contributed by atoms with van der Waals surface area (Å²) in [6.45, 7) is 2.78. The first kappa shape index (κ1) is 10.6. The van der Waals surface area contributed by atoms with Gasteiger partial charge in [0, 0.05) is 6.92 Å². The van der Waals surface area contributed by atoms with Gasteiger partial charge in [0.25, 0.3) is 5.91 Å². The molecule has 0 aliphatic carbocycles. The number of nitrogens with one attached hydrogen (secondary N) is 1. The molecule has 0 aliphatic rings. The summed E-state index contributed by atoms with van der Waals surface area (Å²) >= 11 is 0. The lowest BCUT2D eigenvalue weighted by Gasteiger charge is -2.01. The van der Waals surface area contributed by atoms with Gasteiger partial charge in [0.05, 0.1) is 6.61 Å². The van der Waals surface area contributed by atoms with Gasteiger partial charge in [-0.15, -0.1) is 0 Å². The Balaban J connectivity index is 3.61. The minimum Gasteiger partial charge on any atom is -0.465 e. The van der Waals surface area contributed by atoms with E-state index in [1.54, 1.807) is 6.92 Å². The highest BCUT2D eigenvalue weighted by molar-refractivity contribution is 6.35. The van der Waals surface area contributed by atoms with Gasteiger partial charge >= 0.3 is 5.97 Å². The van der Waals surface area contributed by atoms with Crippen LogP contribution in [0.1, 0.15) is 13.8 Å². The zero-order valence-corrected chi connectivity index (χ0v) is 7.05. The van der Waals surface area contributed by atoms with Crippen LogP contribution in [-0.4, -0.2) is 30.8 Å². The first-order valence-corrected chi connectivity index (χ1v) is 3.52. The third kappa shape index (κ3) is 4.43. The summed E-state index contributed by atoms with van der Waals surface area (Å²) < 4.78 is 4.51. The van der Waals surface area contributed by atoms with E-state index in [2.05, 4.69) is 10.1 Å². The van der Waals surface area contributed by atoms with Crippen LogP contribution < -0.4 is 5.32 Å². The molecule has 1 amide bonds. The molecule has 1 N–H and O–H groups in total. The van der Waals surface area contributed by atoms with Crippen LogP contribution in [0.2, 0.25) is 0 Å². The number of hydrogen-bond acceptors (Lipinski definition) is 4. The summed E-state index contributed by atoms with van der Waals surface area (Å²) in [6, 6.07) is 0. The Morgan fingerprint density at radius 1 is 1.33 bits per heavy atom. The third-order valence-corrected chi connectivity index (χ3v) is 1.02. The van der Waals surface area contributed by atoms with Crippen molar-refractivity contribution in [3.63, 3.8) is 0 Å². The fraction of sp³-hybridized carbons (Fsp3) is 0.571. The molecule has 68 valence electrons. The summed E-state index contributed by atoms with van der Waals surface area (Å²) in [4.78, 5) is 31.6. The Labute approximate surface area is 70.1 Å².